The van der Waals surface area contributed by atoms with Gasteiger partial charge in [0.15, 0.2) is 11.6 Å². The van der Waals surface area contributed by atoms with Crippen LogP contribution in [0.1, 0.15) is 16.8 Å². The quantitative estimate of drug-likeness (QED) is 0.661. The number of carbonyl (C=O) groups excluding carboxylic acids is 1. The number of benzene rings is 1. The Morgan fingerprint density at radius 2 is 2.11 bits per heavy atom. The summed E-state index contributed by atoms with van der Waals surface area (Å²) in [6.07, 6.45) is 2.85. The minimum Gasteiger partial charge on any atom is -0.348 e. The van der Waals surface area contributed by atoms with E-state index in [1.165, 1.54) is 0 Å². The first-order chi connectivity index (χ1) is 9.08. The van der Waals surface area contributed by atoms with Crippen LogP contribution in [0.25, 0.3) is 0 Å². The topological polar surface area (TPSA) is 41.1 Å². The van der Waals surface area contributed by atoms with Crippen LogP contribution in [0.15, 0.2) is 23.8 Å². The van der Waals surface area contributed by atoms with Crippen LogP contribution in [0.4, 0.5) is 8.78 Å². The Labute approximate surface area is 114 Å². The highest BCUT2D eigenvalue weighted by Gasteiger charge is 2.15. The van der Waals surface area contributed by atoms with Crippen molar-refractivity contribution in [2.24, 2.45) is 0 Å². The Bertz CT molecular complexity index is 532. The van der Waals surface area contributed by atoms with Crippen molar-refractivity contribution in [3.63, 3.8) is 0 Å². The predicted molar refractivity (Wildman–Crippen MR) is 69.3 cm³/mol. The van der Waals surface area contributed by atoms with Crippen molar-refractivity contribution < 1.29 is 13.6 Å². The summed E-state index contributed by atoms with van der Waals surface area (Å²) in [5, 5.41) is 5.70. The lowest BCUT2D eigenvalue weighted by Gasteiger charge is -2.15. The normalized spacial score (nSPS) is 15.0. The Morgan fingerprint density at radius 3 is 2.79 bits per heavy atom. The number of halogens is 3. The van der Waals surface area contributed by atoms with Crippen LogP contribution >= 0.6 is 11.6 Å². The number of rotatable bonds is 3. The molecule has 0 saturated heterocycles. The number of hydrogen-bond donors (Lipinski definition) is 2. The highest BCUT2D eigenvalue weighted by atomic mass is 35.5. The molecular formula is C13H13ClF2N2O. The van der Waals surface area contributed by atoms with Crippen LogP contribution in [-0.2, 0) is 0 Å². The van der Waals surface area contributed by atoms with E-state index in [-0.39, 0.29) is 10.6 Å². The van der Waals surface area contributed by atoms with E-state index in [0.717, 1.165) is 37.2 Å². The van der Waals surface area contributed by atoms with Crippen molar-refractivity contribution >= 4 is 17.5 Å². The lowest BCUT2D eigenvalue weighted by molar-refractivity contribution is 0.0956. The van der Waals surface area contributed by atoms with Crippen LogP contribution < -0.4 is 10.6 Å². The van der Waals surface area contributed by atoms with Gasteiger partial charge in [0.1, 0.15) is 0 Å². The molecule has 6 heteroatoms. The van der Waals surface area contributed by atoms with Crippen molar-refractivity contribution in [2.45, 2.75) is 6.42 Å². The van der Waals surface area contributed by atoms with Gasteiger partial charge in [-0.1, -0.05) is 23.3 Å². The molecule has 1 amide bonds. The molecule has 0 unspecified atom stereocenters. The molecule has 102 valence electrons. The summed E-state index contributed by atoms with van der Waals surface area (Å²) in [4.78, 5) is 11.8. The molecule has 0 bridgehead atoms. The standard InChI is InChI=1S/C13H13ClF2N2O/c14-10-6-12(16)11(15)5-9(10)13(19)18-7-8-1-3-17-4-2-8/h1,5-6,17H,2-4,7H2,(H,18,19). The Morgan fingerprint density at radius 1 is 1.37 bits per heavy atom. The zero-order chi connectivity index (χ0) is 13.8. The summed E-state index contributed by atoms with van der Waals surface area (Å²) in [6.45, 7) is 2.03. The lowest BCUT2D eigenvalue weighted by Crippen LogP contribution is -2.29. The van der Waals surface area contributed by atoms with Gasteiger partial charge in [0, 0.05) is 13.1 Å². The Kier molecular flexibility index (Phi) is 4.50. The number of amides is 1. The van der Waals surface area contributed by atoms with E-state index >= 15 is 0 Å². The van der Waals surface area contributed by atoms with E-state index < -0.39 is 17.5 Å². The van der Waals surface area contributed by atoms with Gasteiger partial charge in [0.25, 0.3) is 5.91 Å². The van der Waals surface area contributed by atoms with Crippen LogP contribution in [0.3, 0.4) is 0 Å². The van der Waals surface area contributed by atoms with Crippen LogP contribution in [0.2, 0.25) is 5.02 Å². The van der Waals surface area contributed by atoms with Crippen molar-refractivity contribution in [1.29, 1.82) is 0 Å². The van der Waals surface area contributed by atoms with Gasteiger partial charge < -0.3 is 10.6 Å². The molecule has 1 aromatic rings. The predicted octanol–water partition coefficient (Wildman–Crippen LogP) is 2.27. The summed E-state index contributed by atoms with van der Waals surface area (Å²) in [5.41, 5.74) is 1.04. The molecule has 0 radical (unpaired) electrons. The number of nitrogens with one attached hydrogen (secondary N) is 2. The number of carbonyl (C=O) groups is 1. The fourth-order valence-corrected chi connectivity index (χ4v) is 2.05. The van der Waals surface area contributed by atoms with Crippen molar-refractivity contribution in [3.8, 4) is 0 Å². The Hall–Kier alpha value is -1.46. The smallest absolute Gasteiger partial charge is 0.253 e. The molecule has 1 aromatic carbocycles. The van der Waals surface area contributed by atoms with Gasteiger partial charge in [0.05, 0.1) is 10.6 Å². The average molecular weight is 287 g/mol. The molecule has 1 aliphatic rings. The van der Waals surface area contributed by atoms with Gasteiger partial charge in [-0.3, -0.25) is 4.79 Å². The molecule has 0 aliphatic carbocycles. The lowest BCUT2D eigenvalue weighted by atomic mass is 10.1. The third kappa shape index (κ3) is 3.52. The SMILES string of the molecule is O=C(NCC1=CCNCC1)c1cc(F)c(F)cc1Cl. The third-order valence-corrected chi connectivity index (χ3v) is 3.20. The van der Waals surface area contributed by atoms with Gasteiger partial charge in [-0.05, 0) is 25.1 Å². The average Bonchev–Trinajstić information content (AvgIpc) is 2.41. The van der Waals surface area contributed by atoms with Gasteiger partial charge in [-0.2, -0.15) is 0 Å². The maximum absolute atomic E-state index is 13.1. The molecular weight excluding hydrogens is 274 g/mol. The molecule has 0 fully saturated rings. The van der Waals surface area contributed by atoms with Gasteiger partial charge in [0.2, 0.25) is 0 Å². The van der Waals surface area contributed by atoms with E-state index in [0.29, 0.717) is 6.54 Å². The highest BCUT2D eigenvalue weighted by molar-refractivity contribution is 6.33. The maximum Gasteiger partial charge on any atom is 0.253 e. The largest absolute Gasteiger partial charge is 0.348 e. The molecule has 1 heterocycles. The fraction of sp³-hybridized carbons (Fsp3) is 0.308. The molecule has 1 aliphatic heterocycles. The van der Waals surface area contributed by atoms with Crippen molar-refractivity contribution in [1.82, 2.24) is 10.6 Å². The second kappa shape index (κ2) is 6.12. The first-order valence-corrected chi connectivity index (χ1v) is 6.27. The molecule has 2 N–H and O–H groups in total. The maximum atomic E-state index is 13.1. The monoisotopic (exact) mass is 286 g/mol. The van der Waals surface area contributed by atoms with Crippen LogP contribution in [0.5, 0.6) is 0 Å². The molecule has 19 heavy (non-hydrogen) atoms. The summed E-state index contributed by atoms with van der Waals surface area (Å²) in [5.74, 6) is -2.67. The molecule has 0 aromatic heterocycles. The first kappa shape index (κ1) is 14.0. The van der Waals surface area contributed by atoms with Crippen molar-refractivity contribution in [2.75, 3.05) is 19.6 Å². The second-order valence-corrected chi connectivity index (χ2v) is 4.65. The summed E-state index contributed by atoms with van der Waals surface area (Å²) >= 11 is 5.73. The van der Waals surface area contributed by atoms with E-state index in [1.807, 2.05) is 6.08 Å². The molecule has 3 nitrogen and oxygen atoms in total. The van der Waals surface area contributed by atoms with E-state index in [2.05, 4.69) is 10.6 Å². The number of hydrogen-bond acceptors (Lipinski definition) is 2. The van der Waals surface area contributed by atoms with Gasteiger partial charge in [-0.25, -0.2) is 8.78 Å². The minimum atomic E-state index is -1.09. The third-order valence-electron chi connectivity index (χ3n) is 2.89. The van der Waals surface area contributed by atoms with Gasteiger partial charge >= 0.3 is 0 Å². The van der Waals surface area contributed by atoms with Crippen LogP contribution in [-0.4, -0.2) is 25.5 Å². The minimum absolute atomic E-state index is 0.0601. The molecule has 0 spiro atoms. The Balaban J connectivity index is 2.03. The molecule has 0 saturated carbocycles. The van der Waals surface area contributed by atoms with Crippen molar-refractivity contribution in [3.05, 3.63) is 46.0 Å². The van der Waals surface area contributed by atoms with E-state index in [4.69, 9.17) is 11.6 Å². The summed E-state index contributed by atoms with van der Waals surface area (Å²) < 4.78 is 26.0. The van der Waals surface area contributed by atoms with Crippen LogP contribution in [0, 0.1) is 11.6 Å². The van der Waals surface area contributed by atoms with E-state index in [9.17, 15) is 13.6 Å². The summed E-state index contributed by atoms with van der Waals surface area (Å²) in [6, 6.07) is 1.61. The van der Waals surface area contributed by atoms with E-state index in [1.54, 1.807) is 0 Å². The summed E-state index contributed by atoms with van der Waals surface area (Å²) in [7, 11) is 0. The zero-order valence-electron chi connectivity index (χ0n) is 10.1. The molecule has 2 rings (SSSR count). The highest BCUT2D eigenvalue weighted by Crippen LogP contribution is 2.20. The van der Waals surface area contributed by atoms with Gasteiger partial charge in [-0.15, -0.1) is 0 Å². The molecule has 0 atom stereocenters. The zero-order valence-corrected chi connectivity index (χ0v) is 10.9. The second-order valence-electron chi connectivity index (χ2n) is 4.25. The first-order valence-electron chi connectivity index (χ1n) is 5.89. The fourth-order valence-electron chi connectivity index (χ4n) is 1.82.